The van der Waals surface area contributed by atoms with Crippen LogP contribution >= 0.6 is 0 Å². The number of hydrogen-bond donors (Lipinski definition) is 0. The van der Waals surface area contributed by atoms with Gasteiger partial charge < -0.3 is 24.0 Å². The molecule has 0 spiro atoms. The van der Waals surface area contributed by atoms with Crippen molar-refractivity contribution in [3.63, 3.8) is 0 Å². The molecule has 0 bridgehead atoms. The van der Waals surface area contributed by atoms with Crippen LogP contribution in [0, 0.1) is 0 Å². The molecular formula is C32H34N4O5. The summed E-state index contributed by atoms with van der Waals surface area (Å²) >= 11 is 0. The van der Waals surface area contributed by atoms with Gasteiger partial charge in [-0.3, -0.25) is 9.59 Å². The Morgan fingerprint density at radius 2 is 1.68 bits per heavy atom. The van der Waals surface area contributed by atoms with Crippen molar-refractivity contribution in [2.24, 2.45) is 0 Å². The zero-order valence-corrected chi connectivity index (χ0v) is 23.5. The van der Waals surface area contributed by atoms with E-state index < -0.39 is 0 Å². The Balaban J connectivity index is 1.26. The lowest BCUT2D eigenvalue weighted by molar-refractivity contribution is 0.0303. The number of morpholine rings is 1. The molecule has 2 amide bonds. The summed E-state index contributed by atoms with van der Waals surface area (Å²) in [5, 5.41) is 4.82. The second-order valence-electron chi connectivity index (χ2n) is 10.4. The molecule has 9 heteroatoms. The molecule has 0 aliphatic carbocycles. The Hall–Kier alpha value is -4.37. The van der Waals surface area contributed by atoms with Crippen LogP contribution in [0.3, 0.4) is 0 Å². The molecule has 0 atom stereocenters. The van der Waals surface area contributed by atoms with Crippen LogP contribution in [-0.2, 0) is 24.1 Å². The van der Waals surface area contributed by atoms with Crippen LogP contribution in [0.25, 0.3) is 5.70 Å². The predicted molar refractivity (Wildman–Crippen MR) is 154 cm³/mol. The number of methoxy groups -OCH3 is 2. The van der Waals surface area contributed by atoms with Crippen molar-refractivity contribution < 1.29 is 23.8 Å². The molecule has 0 saturated carbocycles. The molecule has 3 aromatic rings. The third kappa shape index (κ3) is 5.37. The van der Waals surface area contributed by atoms with Gasteiger partial charge in [0.05, 0.1) is 33.1 Å². The molecule has 0 N–H and O–H groups in total. The first kappa shape index (κ1) is 26.8. The molecule has 9 nitrogen and oxygen atoms in total. The van der Waals surface area contributed by atoms with E-state index in [2.05, 4.69) is 6.08 Å². The van der Waals surface area contributed by atoms with E-state index >= 15 is 0 Å². The quantitative estimate of drug-likeness (QED) is 0.475. The first-order valence-corrected chi connectivity index (χ1v) is 14.0. The fourth-order valence-electron chi connectivity index (χ4n) is 5.66. The minimum absolute atomic E-state index is 0.0107. The van der Waals surface area contributed by atoms with Crippen molar-refractivity contribution in [1.82, 2.24) is 19.6 Å². The number of amides is 2. The van der Waals surface area contributed by atoms with Crippen LogP contribution in [0.15, 0.2) is 60.7 Å². The first-order chi connectivity index (χ1) is 20.1. The second kappa shape index (κ2) is 11.6. The number of nitrogens with zero attached hydrogens (tertiary/aromatic N) is 4. The average Bonchev–Trinajstić information content (AvgIpc) is 3.42. The number of hydrogen-bond acceptors (Lipinski definition) is 6. The van der Waals surface area contributed by atoms with E-state index in [0.717, 1.165) is 41.8 Å². The topological polar surface area (TPSA) is 86.1 Å². The summed E-state index contributed by atoms with van der Waals surface area (Å²) in [6.07, 6.45) is 8.51. The first-order valence-electron chi connectivity index (χ1n) is 14.0. The Morgan fingerprint density at radius 1 is 0.854 bits per heavy atom. The van der Waals surface area contributed by atoms with Crippen LogP contribution in [0.2, 0.25) is 0 Å². The second-order valence-corrected chi connectivity index (χ2v) is 10.4. The molecular weight excluding hydrogens is 520 g/mol. The van der Waals surface area contributed by atoms with E-state index in [1.54, 1.807) is 14.2 Å². The van der Waals surface area contributed by atoms with Crippen molar-refractivity contribution in [1.29, 1.82) is 0 Å². The van der Waals surface area contributed by atoms with Gasteiger partial charge in [-0.1, -0.05) is 18.2 Å². The minimum Gasteiger partial charge on any atom is -0.493 e. The molecule has 212 valence electrons. The van der Waals surface area contributed by atoms with Crippen molar-refractivity contribution in [2.75, 3.05) is 47.1 Å². The van der Waals surface area contributed by atoms with Gasteiger partial charge in [-0.05, 0) is 72.9 Å². The highest BCUT2D eigenvalue weighted by Gasteiger charge is 2.27. The van der Waals surface area contributed by atoms with E-state index in [-0.39, 0.29) is 11.8 Å². The Morgan fingerprint density at radius 3 is 2.49 bits per heavy atom. The largest absolute Gasteiger partial charge is 0.493 e. The van der Waals surface area contributed by atoms with Gasteiger partial charge in [0, 0.05) is 43.0 Å². The van der Waals surface area contributed by atoms with Crippen molar-refractivity contribution in [3.8, 4) is 11.5 Å². The molecule has 0 unspecified atom stereocenters. The van der Waals surface area contributed by atoms with Crippen molar-refractivity contribution in [3.05, 3.63) is 94.3 Å². The summed E-state index contributed by atoms with van der Waals surface area (Å²) in [5.41, 5.74) is 5.98. The molecule has 3 aliphatic heterocycles. The highest BCUT2D eigenvalue weighted by molar-refractivity contribution is 5.95. The fraction of sp³-hybridized carbons (Fsp3) is 0.344. The Labute approximate surface area is 239 Å². The van der Waals surface area contributed by atoms with E-state index in [0.29, 0.717) is 62.1 Å². The number of carbonyl (C=O) groups is 2. The number of rotatable bonds is 5. The summed E-state index contributed by atoms with van der Waals surface area (Å²) in [5.74, 6) is 1.17. The monoisotopic (exact) mass is 554 g/mol. The smallest absolute Gasteiger partial charge is 0.274 e. The molecule has 41 heavy (non-hydrogen) atoms. The number of allylic oxidation sites excluding steroid dienone is 3. The molecule has 1 saturated heterocycles. The van der Waals surface area contributed by atoms with Gasteiger partial charge in [0.2, 0.25) is 0 Å². The highest BCUT2D eigenvalue weighted by atomic mass is 16.5. The lowest BCUT2D eigenvalue weighted by atomic mass is 9.96. The maximum absolute atomic E-state index is 13.8. The summed E-state index contributed by atoms with van der Waals surface area (Å²) in [7, 11) is 3.23. The number of fused-ring (bicyclic) bond motifs is 2. The normalized spacial score (nSPS) is 18.7. The molecule has 3 aliphatic rings. The number of aryl methyl sites for hydroxylation is 1. The molecule has 2 aromatic carbocycles. The Kier molecular flexibility index (Phi) is 7.61. The van der Waals surface area contributed by atoms with E-state index in [4.69, 9.17) is 19.3 Å². The molecule has 0 radical (unpaired) electrons. The summed E-state index contributed by atoms with van der Waals surface area (Å²) in [6, 6.07) is 13.5. The average molecular weight is 555 g/mol. The minimum atomic E-state index is -0.112. The molecule has 1 fully saturated rings. The van der Waals surface area contributed by atoms with Gasteiger partial charge in [0.15, 0.2) is 17.2 Å². The van der Waals surface area contributed by atoms with Gasteiger partial charge in [0.25, 0.3) is 11.8 Å². The van der Waals surface area contributed by atoms with Gasteiger partial charge >= 0.3 is 0 Å². The van der Waals surface area contributed by atoms with Crippen LogP contribution in [-0.4, -0.2) is 78.5 Å². The number of ether oxygens (including phenoxy) is 3. The summed E-state index contributed by atoms with van der Waals surface area (Å²) < 4.78 is 18.2. The SMILES string of the molecule is COc1ccc(/C2=C/C=C\CCc3cc(C(=O)N4CCc5ccc(C(=O)N6CCOCC6)cc5C4)nn32)cc1OC. The highest BCUT2D eigenvalue weighted by Crippen LogP contribution is 2.32. The van der Waals surface area contributed by atoms with E-state index in [1.165, 1.54) is 5.56 Å². The van der Waals surface area contributed by atoms with Gasteiger partial charge in [-0.25, -0.2) is 4.68 Å². The third-order valence-electron chi connectivity index (χ3n) is 7.92. The van der Waals surface area contributed by atoms with Crippen molar-refractivity contribution in [2.45, 2.75) is 25.8 Å². The van der Waals surface area contributed by atoms with Gasteiger partial charge in [-0.15, -0.1) is 0 Å². The number of benzene rings is 2. The van der Waals surface area contributed by atoms with Crippen LogP contribution < -0.4 is 9.47 Å². The lowest BCUT2D eigenvalue weighted by Crippen LogP contribution is -2.41. The fourth-order valence-corrected chi connectivity index (χ4v) is 5.66. The van der Waals surface area contributed by atoms with E-state index in [9.17, 15) is 9.59 Å². The lowest BCUT2D eigenvalue weighted by Gasteiger charge is -2.30. The zero-order valence-electron chi connectivity index (χ0n) is 23.5. The molecule has 4 heterocycles. The number of carbonyl (C=O) groups excluding carboxylic acids is 2. The standard InChI is InChI=1S/C32H34N4O5/c1-39-29-11-10-23(19-30(29)40-2)28-7-5-3-4-6-26-20-27(33-36(26)28)32(38)35-13-12-22-8-9-24(18-25(22)21-35)31(37)34-14-16-41-17-15-34/h3,5,7-11,18-20H,4,6,12-17,21H2,1-2H3/b5-3-,28-7-. The maximum atomic E-state index is 13.8. The van der Waals surface area contributed by atoms with E-state index in [1.807, 2.05) is 69.1 Å². The van der Waals surface area contributed by atoms with Gasteiger partial charge in [-0.2, -0.15) is 5.10 Å². The summed E-state index contributed by atoms with van der Waals surface area (Å²) in [6.45, 7) is 3.37. The van der Waals surface area contributed by atoms with Crippen LogP contribution in [0.1, 0.15) is 49.7 Å². The maximum Gasteiger partial charge on any atom is 0.274 e. The van der Waals surface area contributed by atoms with Crippen molar-refractivity contribution >= 4 is 17.5 Å². The van der Waals surface area contributed by atoms with Crippen LogP contribution in [0.5, 0.6) is 11.5 Å². The van der Waals surface area contributed by atoms with Crippen LogP contribution in [0.4, 0.5) is 0 Å². The zero-order chi connectivity index (χ0) is 28.3. The number of aromatic nitrogens is 2. The molecule has 6 rings (SSSR count). The molecule has 1 aromatic heterocycles. The van der Waals surface area contributed by atoms with Gasteiger partial charge in [0.1, 0.15) is 0 Å². The third-order valence-corrected chi connectivity index (χ3v) is 7.92. The summed E-state index contributed by atoms with van der Waals surface area (Å²) in [4.78, 5) is 30.5. The predicted octanol–water partition coefficient (Wildman–Crippen LogP) is 3.96. The Bertz CT molecular complexity index is 1530.